The number of ether oxygens (including phenoxy) is 1. The van der Waals surface area contributed by atoms with Gasteiger partial charge in [-0.3, -0.25) is 24.1 Å². The van der Waals surface area contributed by atoms with Crippen molar-refractivity contribution in [2.45, 2.75) is 125 Å². The van der Waals surface area contributed by atoms with Crippen LogP contribution >= 0.6 is 0 Å². The van der Waals surface area contributed by atoms with Crippen molar-refractivity contribution in [2.75, 3.05) is 32.8 Å². The van der Waals surface area contributed by atoms with Crippen molar-refractivity contribution in [3.63, 3.8) is 0 Å². The molecule has 1 heterocycles. The van der Waals surface area contributed by atoms with Gasteiger partial charge in [0.1, 0.15) is 5.78 Å². The zero-order valence-corrected chi connectivity index (χ0v) is 35.7. The van der Waals surface area contributed by atoms with Crippen LogP contribution in [0.25, 0.3) is 0 Å². The smallest absolute Gasteiger partial charge is 0.306 e. The highest BCUT2D eigenvalue weighted by Gasteiger charge is 2.64. The van der Waals surface area contributed by atoms with Gasteiger partial charge in [0.25, 0.3) is 5.91 Å². The van der Waals surface area contributed by atoms with Crippen LogP contribution < -0.4 is 5.32 Å². The van der Waals surface area contributed by atoms with E-state index in [0.717, 1.165) is 70.5 Å². The number of carboxylic acids is 1. The monoisotopic (exact) mass is 783 g/mol. The molecule has 8 rings (SSSR count). The van der Waals surface area contributed by atoms with Gasteiger partial charge in [-0.25, -0.2) is 0 Å². The highest BCUT2D eigenvalue weighted by molar-refractivity contribution is 6.00. The Bertz CT molecular complexity index is 1760. The van der Waals surface area contributed by atoms with Crippen LogP contribution in [0.15, 0.2) is 35.4 Å². The summed E-state index contributed by atoms with van der Waals surface area (Å²) in [6.07, 6.45) is 11.8. The van der Waals surface area contributed by atoms with Gasteiger partial charge in [0.2, 0.25) is 0 Å². The lowest BCUT2D eigenvalue weighted by atomic mass is 9.37. The van der Waals surface area contributed by atoms with Gasteiger partial charge in [0.05, 0.1) is 19.1 Å². The molecule has 1 saturated heterocycles. The summed E-state index contributed by atoms with van der Waals surface area (Å²) in [4.78, 5) is 54.9. The van der Waals surface area contributed by atoms with Crippen LogP contribution in [0.3, 0.4) is 0 Å². The van der Waals surface area contributed by atoms with E-state index in [0.29, 0.717) is 78.4 Å². The molecule has 0 bridgehead atoms. The number of allylic oxidation sites excluding steroid dienone is 2. The molecule has 1 aromatic rings. The van der Waals surface area contributed by atoms with Crippen molar-refractivity contribution < 1.29 is 29.0 Å². The van der Waals surface area contributed by atoms with E-state index < -0.39 is 5.97 Å². The topological polar surface area (TPSA) is 113 Å². The molecule has 2 N–H and O–H groups in total. The van der Waals surface area contributed by atoms with Crippen molar-refractivity contribution in [3.8, 4) is 0 Å². The molecule has 0 radical (unpaired) electrons. The van der Waals surface area contributed by atoms with Crippen LogP contribution in [0.5, 0.6) is 0 Å². The number of Topliss-reactive ketones (excluding diaryl/α,β-unsaturated/α-hetero) is 2. The number of carboxylic acid groups (broad SMARTS) is 1. The van der Waals surface area contributed by atoms with Crippen LogP contribution in [-0.2, 0) is 25.7 Å². The molecule has 0 aromatic heterocycles. The summed E-state index contributed by atoms with van der Waals surface area (Å²) < 4.78 is 5.49. The minimum absolute atomic E-state index is 0.0345. The van der Waals surface area contributed by atoms with E-state index in [1.165, 1.54) is 36.8 Å². The van der Waals surface area contributed by atoms with Crippen molar-refractivity contribution in [2.24, 2.45) is 75.4 Å². The number of ketones is 2. The summed E-state index contributed by atoms with van der Waals surface area (Å²) in [6, 6.07) is 8.04. The Kier molecular flexibility index (Phi) is 11.2. The van der Waals surface area contributed by atoms with Crippen LogP contribution in [0.2, 0.25) is 0 Å². The van der Waals surface area contributed by atoms with Crippen LogP contribution in [0, 0.1) is 75.4 Å². The Labute approximate surface area is 341 Å². The molecule has 8 heteroatoms. The predicted octanol–water partition coefficient (Wildman–Crippen LogP) is 8.77. The second-order valence-corrected chi connectivity index (χ2v) is 21.0. The zero-order valence-electron chi connectivity index (χ0n) is 35.7. The van der Waals surface area contributed by atoms with E-state index in [1.54, 1.807) is 0 Å². The minimum Gasteiger partial charge on any atom is -0.481 e. The SMILES string of the molecule is CC(C)C1=C2C3CCC4C(C)(CCC5C(C)C(CC(=O)C6CC(C(=O)O)C6C)CCC54C)C3CCC2(CCNC(=O)c2ccc(CN3CCOCC3)cc2)CC1=O. The fourth-order valence-electron chi connectivity index (χ4n) is 15.0. The molecular formula is C49H70N2O6. The maximum atomic E-state index is 14.0. The number of hydrogen-bond donors (Lipinski definition) is 2. The Morgan fingerprint density at radius 3 is 2.26 bits per heavy atom. The van der Waals surface area contributed by atoms with Crippen molar-refractivity contribution >= 4 is 23.4 Å². The second kappa shape index (κ2) is 15.6. The number of carbonyl (C=O) groups is 4. The van der Waals surface area contributed by atoms with Gasteiger partial charge in [-0.1, -0.05) is 59.2 Å². The average Bonchev–Trinajstić information content (AvgIpc) is 3.48. The number of nitrogens with one attached hydrogen (secondary N) is 1. The van der Waals surface area contributed by atoms with Crippen LogP contribution in [-0.4, -0.2) is 66.3 Å². The molecule has 1 amide bonds. The first-order valence-corrected chi connectivity index (χ1v) is 22.9. The van der Waals surface area contributed by atoms with Gasteiger partial charge >= 0.3 is 5.97 Å². The summed E-state index contributed by atoms with van der Waals surface area (Å²) >= 11 is 0. The van der Waals surface area contributed by atoms with E-state index in [-0.39, 0.29) is 45.8 Å². The Hall–Kier alpha value is -2.84. The first-order valence-electron chi connectivity index (χ1n) is 22.9. The Morgan fingerprint density at radius 2 is 1.58 bits per heavy atom. The normalized spacial score (nSPS) is 40.4. The van der Waals surface area contributed by atoms with E-state index >= 15 is 0 Å². The lowest BCUT2D eigenvalue weighted by molar-refractivity contribution is -0.172. The van der Waals surface area contributed by atoms with Gasteiger partial charge < -0.3 is 15.2 Å². The van der Waals surface area contributed by atoms with E-state index in [9.17, 15) is 24.3 Å². The maximum Gasteiger partial charge on any atom is 0.306 e. The lowest BCUT2D eigenvalue weighted by Crippen LogP contribution is -2.60. The third-order valence-corrected chi connectivity index (χ3v) is 18.1. The van der Waals surface area contributed by atoms with Gasteiger partial charge in [0.15, 0.2) is 5.78 Å². The number of rotatable bonds is 11. The molecule has 12 unspecified atom stereocenters. The predicted molar refractivity (Wildman–Crippen MR) is 221 cm³/mol. The molecule has 57 heavy (non-hydrogen) atoms. The molecular weight excluding hydrogens is 713 g/mol. The number of morpholine rings is 1. The molecule has 1 aliphatic heterocycles. The molecule has 1 aromatic carbocycles. The molecule has 6 fully saturated rings. The first-order chi connectivity index (χ1) is 27.2. The highest BCUT2D eigenvalue weighted by atomic mass is 16.5. The van der Waals surface area contributed by atoms with E-state index in [2.05, 4.69) is 57.0 Å². The van der Waals surface area contributed by atoms with Crippen LogP contribution in [0.4, 0.5) is 0 Å². The van der Waals surface area contributed by atoms with Gasteiger partial charge in [-0.15, -0.1) is 0 Å². The van der Waals surface area contributed by atoms with Crippen molar-refractivity contribution in [3.05, 3.63) is 46.5 Å². The van der Waals surface area contributed by atoms with Gasteiger partial charge in [-0.05, 0) is 146 Å². The third kappa shape index (κ3) is 7.08. The summed E-state index contributed by atoms with van der Waals surface area (Å²) in [6.45, 7) is 18.9. The minimum atomic E-state index is -0.755. The number of benzene rings is 1. The van der Waals surface area contributed by atoms with Gasteiger partial charge in [-0.2, -0.15) is 0 Å². The molecule has 5 saturated carbocycles. The number of fused-ring (bicyclic) bond motifs is 7. The number of aliphatic carboxylic acids is 1. The number of amides is 1. The molecule has 8 nitrogen and oxygen atoms in total. The van der Waals surface area contributed by atoms with Gasteiger partial charge in [0, 0.05) is 55.9 Å². The van der Waals surface area contributed by atoms with E-state index in [4.69, 9.17) is 4.74 Å². The Morgan fingerprint density at radius 1 is 0.895 bits per heavy atom. The van der Waals surface area contributed by atoms with Crippen molar-refractivity contribution in [1.29, 1.82) is 0 Å². The summed E-state index contributed by atoms with van der Waals surface area (Å²) in [5.41, 5.74) is 4.81. The summed E-state index contributed by atoms with van der Waals surface area (Å²) in [5.74, 6) is 2.71. The maximum absolute atomic E-state index is 14.0. The molecule has 6 aliphatic carbocycles. The second-order valence-electron chi connectivity index (χ2n) is 21.0. The van der Waals surface area contributed by atoms with Crippen LogP contribution in [0.1, 0.15) is 135 Å². The molecule has 12 atom stereocenters. The van der Waals surface area contributed by atoms with Crippen molar-refractivity contribution in [1.82, 2.24) is 10.2 Å². The highest BCUT2D eigenvalue weighted by Crippen LogP contribution is 2.72. The zero-order chi connectivity index (χ0) is 40.4. The lowest BCUT2D eigenvalue weighted by Gasteiger charge is -2.67. The number of hydrogen-bond acceptors (Lipinski definition) is 6. The fourth-order valence-corrected chi connectivity index (χ4v) is 15.0. The molecule has 7 aliphatic rings. The first kappa shape index (κ1) is 40.9. The summed E-state index contributed by atoms with van der Waals surface area (Å²) in [7, 11) is 0. The number of carbonyl (C=O) groups excluding carboxylic acids is 3. The Balaban J connectivity index is 0.936. The van der Waals surface area contributed by atoms with E-state index in [1.807, 2.05) is 19.1 Å². The quantitative estimate of drug-likeness (QED) is 0.231. The molecule has 0 spiro atoms. The average molecular weight is 783 g/mol. The number of nitrogens with zero attached hydrogens (tertiary/aromatic N) is 1. The summed E-state index contributed by atoms with van der Waals surface area (Å²) in [5, 5.41) is 12.8. The molecule has 312 valence electrons. The largest absolute Gasteiger partial charge is 0.481 e. The fraction of sp³-hybridized carbons (Fsp3) is 0.755. The third-order valence-electron chi connectivity index (χ3n) is 18.1. The standard InChI is InChI=1S/C49H70N2O6/c1-29(2)43-41(53)27-49(19-20-50-45(54)33-9-7-32(8-10-33)28-51-21-23-57-24-22-51)18-15-39-35(44(43)49)11-12-42-47(5)16-13-34(30(3)38(47)14-17-48(39,42)6)25-40(52)36-26-37(31(36)4)46(55)56/h7-10,29-31,34-39,42H,11-28H2,1-6H3,(H,50,54)(H,55,56).